The van der Waals surface area contributed by atoms with Crippen LogP contribution < -0.4 is 15.6 Å². The first-order valence-corrected chi connectivity index (χ1v) is 10.0. The first-order valence-electron chi connectivity index (χ1n) is 7.43. The molecule has 0 bridgehead atoms. The summed E-state index contributed by atoms with van der Waals surface area (Å²) in [5.74, 6) is -1.35. The fraction of sp³-hybridized carbons (Fsp3) is 0.125. The quantitative estimate of drug-likeness (QED) is 0.609. The average Bonchev–Trinajstić information content (AvgIpc) is 2.61. The molecule has 0 saturated carbocycles. The molecular weight excluding hydrogens is 437 g/mol. The van der Waals surface area contributed by atoms with Gasteiger partial charge in [-0.1, -0.05) is 34.8 Å². The van der Waals surface area contributed by atoms with Crippen LogP contribution in [0.25, 0.3) is 0 Å². The normalized spacial score (nSPS) is 12.3. The van der Waals surface area contributed by atoms with E-state index in [0.717, 1.165) is 0 Å². The fourth-order valence-electron chi connectivity index (χ4n) is 1.90. The smallest absolute Gasteiger partial charge is 0.269 e. The van der Waals surface area contributed by atoms with Crippen molar-refractivity contribution in [3.8, 4) is 0 Å². The number of nitrogens with one attached hydrogen (secondary N) is 3. The van der Waals surface area contributed by atoms with Crippen LogP contribution in [0.1, 0.15) is 17.3 Å². The number of benzene rings is 2. The van der Waals surface area contributed by atoms with E-state index < -0.39 is 27.9 Å². The summed E-state index contributed by atoms with van der Waals surface area (Å²) < 4.78 is 26.8. The van der Waals surface area contributed by atoms with E-state index in [2.05, 4.69) is 15.6 Å². The molecule has 27 heavy (non-hydrogen) atoms. The molecule has 0 heterocycles. The van der Waals surface area contributed by atoms with Crippen molar-refractivity contribution in [2.75, 3.05) is 0 Å². The summed E-state index contributed by atoms with van der Waals surface area (Å²) in [5, 5.41) is 0.721. The molecule has 144 valence electrons. The van der Waals surface area contributed by atoms with Crippen LogP contribution in [0, 0.1) is 0 Å². The monoisotopic (exact) mass is 449 g/mol. The zero-order valence-electron chi connectivity index (χ0n) is 13.8. The van der Waals surface area contributed by atoms with Crippen molar-refractivity contribution >= 4 is 56.6 Å². The van der Waals surface area contributed by atoms with Gasteiger partial charge >= 0.3 is 0 Å². The minimum atomic E-state index is -4.02. The number of carbonyl (C=O) groups excluding carboxylic acids is 2. The topological polar surface area (TPSA) is 104 Å². The maximum Gasteiger partial charge on any atom is 0.269 e. The SMILES string of the molecule is CC(NS(=O)(=O)c1ccc(Cl)c(Cl)c1)C(=O)NNC(=O)c1ccc(Cl)cc1. The number of hydrazine groups is 1. The van der Waals surface area contributed by atoms with Crippen LogP contribution in [0.3, 0.4) is 0 Å². The predicted octanol–water partition coefficient (Wildman–Crippen LogP) is 2.77. The summed E-state index contributed by atoms with van der Waals surface area (Å²) in [6, 6.07) is 8.56. The van der Waals surface area contributed by atoms with Crippen LogP contribution in [0.15, 0.2) is 47.4 Å². The standard InChI is InChI=1S/C16H14Cl3N3O4S/c1-9(22-27(25,26)12-6-7-13(18)14(19)8-12)15(23)20-21-16(24)10-2-4-11(17)5-3-10/h2-9,22H,1H3,(H,20,23)(H,21,24). The Labute approximate surface area is 171 Å². The third-order valence-electron chi connectivity index (χ3n) is 3.33. The zero-order chi connectivity index (χ0) is 20.2. The molecule has 0 spiro atoms. The molecule has 1 atom stereocenters. The third-order valence-corrected chi connectivity index (χ3v) is 5.86. The lowest BCUT2D eigenvalue weighted by Crippen LogP contribution is -2.51. The molecule has 2 amide bonds. The van der Waals surface area contributed by atoms with E-state index in [1.165, 1.54) is 49.4 Å². The van der Waals surface area contributed by atoms with Crippen molar-refractivity contribution in [3.63, 3.8) is 0 Å². The van der Waals surface area contributed by atoms with Crippen molar-refractivity contribution in [2.24, 2.45) is 0 Å². The highest BCUT2D eigenvalue weighted by Gasteiger charge is 2.23. The van der Waals surface area contributed by atoms with E-state index in [1.54, 1.807) is 0 Å². The molecule has 0 radical (unpaired) electrons. The van der Waals surface area contributed by atoms with Gasteiger partial charge in [-0.3, -0.25) is 20.4 Å². The van der Waals surface area contributed by atoms with Crippen LogP contribution in [0.4, 0.5) is 0 Å². The van der Waals surface area contributed by atoms with Crippen molar-refractivity contribution in [1.82, 2.24) is 15.6 Å². The van der Waals surface area contributed by atoms with Crippen LogP contribution in [-0.4, -0.2) is 26.3 Å². The summed E-state index contributed by atoms with van der Waals surface area (Å²) in [6.07, 6.45) is 0. The van der Waals surface area contributed by atoms with Crippen molar-refractivity contribution in [3.05, 3.63) is 63.1 Å². The van der Waals surface area contributed by atoms with Gasteiger partial charge in [0.2, 0.25) is 10.0 Å². The fourth-order valence-corrected chi connectivity index (χ4v) is 3.62. The minimum Gasteiger partial charge on any atom is -0.271 e. The lowest BCUT2D eigenvalue weighted by Gasteiger charge is -2.15. The summed E-state index contributed by atoms with van der Waals surface area (Å²) >= 11 is 17.3. The lowest BCUT2D eigenvalue weighted by molar-refractivity contribution is -0.123. The highest BCUT2D eigenvalue weighted by Crippen LogP contribution is 2.24. The number of sulfonamides is 1. The Morgan fingerprint density at radius 2 is 1.56 bits per heavy atom. The van der Waals surface area contributed by atoms with Crippen LogP contribution in [0.2, 0.25) is 15.1 Å². The maximum atomic E-state index is 12.3. The Kier molecular flexibility index (Phi) is 7.07. The Morgan fingerprint density at radius 3 is 2.15 bits per heavy atom. The Morgan fingerprint density at radius 1 is 0.926 bits per heavy atom. The van der Waals surface area contributed by atoms with Gasteiger partial charge in [0.25, 0.3) is 11.8 Å². The number of hydrogen-bond acceptors (Lipinski definition) is 4. The highest BCUT2D eigenvalue weighted by molar-refractivity contribution is 7.89. The van der Waals surface area contributed by atoms with Gasteiger partial charge in [0.05, 0.1) is 21.0 Å². The summed E-state index contributed by atoms with van der Waals surface area (Å²) in [4.78, 5) is 23.8. The summed E-state index contributed by atoms with van der Waals surface area (Å²) in [7, 11) is -4.02. The van der Waals surface area contributed by atoms with E-state index in [0.29, 0.717) is 5.02 Å². The Balaban J connectivity index is 1.97. The zero-order valence-corrected chi connectivity index (χ0v) is 16.9. The number of amides is 2. The minimum absolute atomic E-state index is 0.0619. The second kappa shape index (κ2) is 8.90. The second-order valence-corrected chi connectivity index (χ2v) is 8.33. The lowest BCUT2D eigenvalue weighted by atomic mass is 10.2. The van der Waals surface area contributed by atoms with Gasteiger partial charge in [0.15, 0.2) is 0 Å². The van der Waals surface area contributed by atoms with Gasteiger partial charge in [-0.05, 0) is 49.4 Å². The van der Waals surface area contributed by atoms with Gasteiger partial charge in [0, 0.05) is 10.6 Å². The van der Waals surface area contributed by atoms with Gasteiger partial charge in [-0.15, -0.1) is 0 Å². The van der Waals surface area contributed by atoms with Gasteiger partial charge in [0.1, 0.15) is 0 Å². The molecule has 0 fully saturated rings. The van der Waals surface area contributed by atoms with Crippen LogP contribution in [-0.2, 0) is 14.8 Å². The molecule has 0 aromatic heterocycles. The number of rotatable bonds is 5. The molecule has 3 N–H and O–H groups in total. The predicted molar refractivity (Wildman–Crippen MR) is 103 cm³/mol. The molecule has 2 aromatic carbocycles. The largest absolute Gasteiger partial charge is 0.271 e. The summed E-state index contributed by atoms with van der Waals surface area (Å²) in [5.41, 5.74) is 4.60. The van der Waals surface area contributed by atoms with Gasteiger partial charge < -0.3 is 0 Å². The van der Waals surface area contributed by atoms with Crippen molar-refractivity contribution < 1.29 is 18.0 Å². The first-order chi connectivity index (χ1) is 12.6. The molecule has 0 saturated heterocycles. The molecule has 2 rings (SSSR count). The van der Waals surface area contributed by atoms with Gasteiger partial charge in [-0.2, -0.15) is 4.72 Å². The molecule has 1 unspecified atom stereocenters. The van der Waals surface area contributed by atoms with E-state index >= 15 is 0 Å². The molecule has 7 nitrogen and oxygen atoms in total. The molecular formula is C16H14Cl3N3O4S. The number of carbonyl (C=O) groups is 2. The maximum absolute atomic E-state index is 12.3. The third kappa shape index (κ3) is 5.82. The van der Waals surface area contributed by atoms with Crippen molar-refractivity contribution in [1.29, 1.82) is 0 Å². The molecule has 0 aliphatic rings. The number of hydrogen-bond donors (Lipinski definition) is 3. The van der Waals surface area contributed by atoms with Crippen molar-refractivity contribution in [2.45, 2.75) is 17.9 Å². The van der Waals surface area contributed by atoms with E-state index in [4.69, 9.17) is 34.8 Å². The number of halogens is 3. The van der Waals surface area contributed by atoms with Gasteiger partial charge in [-0.25, -0.2) is 8.42 Å². The Hall–Kier alpha value is -1.84. The molecule has 0 aliphatic heterocycles. The van der Waals surface area contributed by atoms with E-state index in [1.807, 2.05) is 0 Å². The van der Waals surface area contributed by atoms with Crippen LogP contribution >= 0.6 is 34.8 Å². The average molecular weight is 451 g/mol. The van der Waals surface area contributed by atoms with E-state index in [-0.39, 0.29) is 20.5 Å². The molecule has 11 heteroatoms. The summed E-state index contributed by atoms with van der Waals surface area (Å²) in [6.45, 7) is 1.32. The Bertz CT molecular complexity index is 965. The van der Waals surface area contributed by atoms with Crippen LogP contribution in [0.5, 0.6) is 0 Å². The highest BCUT2D eigenvalue weighted by atomic mass is 35.5. The first kappa shape index (κ1) is 21.5. The second-order valence-electron chi connectivity index (χ2n) is 5.37. The van der Waals surface area contributed by atoms with E-state index in [9.17, 15) is 18.0 Å². The molecule has 2 aromatic rings. The molecule has 0 aliphatic carbocycles.